The molecule has 0 saturated carbocycles. The molecule has 5 nitrogen and oxygen atoms in total. The summed E-state index contributed by atoms with van der Waals surface area (Å²) in [6, 6.07) is 7.75. The predicted octanol–water partition coefficient (Wildman–Crippen LogP) is 2.06. The lowest BCUT2D eigenvalue weighted by atomic mass is 10.0. The number of nitrogens with one attached hydrogen (secondary N) is 1. The third-order valence-corrected chi connectivity index (χ3v) is 3.34. The molecule has 21 heavy (non-hydrogen) atoms. The molecule has 1 unspecified atom stereocenters. The van der Waals surface area contributed by atoms with E-state index in [0.717, 1.165) is 11.4 Å². The zero-order valence-electron chi connectivity index (χ0n) is 13.6. The van der Waals surface area contributed by atoms with Crippen molar-refractivity contribution in [2.24, 2.45) is 0 Å². The number of methoxy groups -OCH3 is 1. The predicted molar refractivity (Wildman–Crippen MR) is 85.0 cm³/mol. The van der Waals surface area contributed by atoms with Crippen LogP contribution in [0.3, 0.4) is 0 Å². The smallest absolute Gasteiger partial charge is 0.327 e. The molecule has 0 saturated heterocycles. The molecule has 0 spiro atoms. The molecule has 0 heterocycles. The summed E-state index contributed by atoms with van der Waals surface area (Å²) >= 11 is 0. The summed E-state index contributed by atoms with van der Waals surface area (Å²) < 4.78 is 10.4. The van der Waals surface area contributed by atoms with Gasteiger partial charge in [0.05, 0.1) is 13.7 Å². The number of carbonyl (C=O) groups is 1. The van der Waals surface area contributed by atoms with Gasteiger partial charge >= 0.3 is 5.97 Å². The fraction of sp³-hybridized carbons (Fsp3) is 0.562. The summed E-state index contributed by atoms with van der Waals surface area (Å²) in [5.74, 6) is 0.558. The molecule has 0 aliphatic carbocycles. The van der Waals surface area contributed by atoms with Gasteiger partial charge in [-0.15, -0.1) is 0 Å². The average Bonchev–Trinajstić information content (AvgIpc) is 2.47. The van der Waals surface area contributed by atoms with Crippen molar-refractivity contribution in [3.05, 3.63) is 24.3 Å². The van der Waals surface area contributed by atoms with Gasteiger partial charge in [-0.3, -0.25) is 0 Å². The van der Waals surface area contributed by atoms with Gasteiger partial charge in [-0.1, -0.05) is 13.0 Å². The van der Waals surface area contributed by atoms with E-state index < -0.39 is 5.54 Å². The van der Waals surface area contributed by atoms with Crippen molar-refractivity contribution in [3.63, 3.8) is 0 Å². The van der Waals surface area contributed by atoms with Crippen LogP contribution in [0.1, 0.15) is 20.8 Å². The molecule has 1 rings (SSSR count). The molecular formula is C16H26N2O3. The van der Waals surface area contributed by atoms with Crippen molar-refractivity contribution < 1.29 is 14.3 Å². The summed E-state index contributed by atoms with van der Waals surface area (Å²) in [7, 11) is 3.59. The monoisotopic (exact) mass is 294 g/mol. The normalized spacial score (nSPS) is 13.4. The number of nitrogens with zero attached hydrogens (tertiary/aromatic N) is 1. The van der Waals surface area contributed by atoms with Gasteiger partial charge in [0.2, 0.25) is 0 Å². The Kier molecular flexibility index (Phi) is 6.49. The summed E-state index contributed by atoms with van der Waals surface area (Å²) in [5, 5.41) is 3.23. The van der Waals surface area contributed by atoms with Crippen LogP contribution in [-0.2, 0) is 9.53 Å². The van der Waals surface area contributed by atoms with Crippen molar-refractivity contribution in [2.45, 2.75) is 26.3 Å². The van der Waals surface area contributed by atoms with Crippen LogP contribution in [0.25, 0.3) is 0 Å². The minimum absolute atomic E-state index is 0.235. The number of anilines is 1. The van der Waals surface area contributed by atoms with E-state index in [1.165, 1.54) is 0 Å². The van der Waals surface area contributed by atoms with Crippen LogP contribution in [0.2, 0.25) is 0 Å². The van der Waals surface area contributed by atoms with Gasteiger partial charge < -0.3 is 19.7 Å². The van der Waals surface area contributed by atoms with E-state index in [2.05, 4.69) is 5.32 Å². The summed E-state index contributed by atoms with van der Waals surface area (Å²) in [6.07, 6.45) is 0. The fourth-order valence-electron chi connectivity index (χ4n) is 2.29. The molecule has 5 heteroatoms. The molecule has 118 valence electrons. The van der Waals surface area contributed by atoms with E-state index >= 15 is 0 Å². The topological polar surface area (TPSA) is 50.8 Å². The van der Waals surface area contributed by atoms with Crippen molar-refractivity contribution in [1.82, 2.24) is 5.32 Å². The molecule has 0 bridgehead atoms. The Morgan fingerprint density at radius 2 is 2.10 bits per heavy atom. The first-order valence-corrected chi connectivity index (χ1v) is 7.24. The molecule has 0 radical (unpaired) electrons. The second kappa shape index (κ2) is 7.88. The molecule has 0 aromatic heterocycles. The maximum atomic E-state index is 12.2. The van der Waals surface area contributed by atoms with Crippen LogP contribution in [-0.4, -0.2) is 45.4 Å². The number of benzene rings is 1. The number of hydrogen-bond acceptors (Lipinski definition) is 5. The van der Waals surface area contributed by atoms with E-state index in [9.17, 15) is 4.79 Å². The molecule has 0 aliphatic rings. The number of rotatable bonds is 8. The second-order valence-corrected chi connectivity index (χ2v) is 5.14. The van der Waals surface area contributed by atoms with Crippen LogP contribution in [0.4, 0.5) is 5.69 Å². The van der Waals surface area contributed by atoms with Crippen molar-refractivity contribution >= 4 is 11.7 Å². The van der Waals surface area contributed by atoms with E-state index in [0.29, 0.717) is 19.7 Å². The lowest BCUT2D eigenvalue weighted by molar-refractivity contribution is -0.150. The van der Waals surface area contributed by atoms with Gasteiger partial charge in [-0.05, 0) is 32.5 Å². The highest BCUT2D eigenvalue weighted by atomic mass is 16.5. The van der Waals surface area contributed by atoms with Gasteiger partial charge in [0.25, 0.3) is 0 Å². The highest BCUT2D eigenvalue weighted by Gasteiger charge is 2.35. The number of likely N-dealkylation sites (N-methyl/N-ethyl adjacent to an activating group) is 2. The first-order chi connectivity index (χ1) is 9.96. The van der Waals surface area contributed by atoms with Gasteiger partial charge in [0.15, 0.2) is 0 Å². The minimum atomic E-state index is -0.747. The SMILES string of the molecule is CCNC(C)(CN(C)c1cccc(OC)c1)C(=O)OCC. The van der Waals surface area contributed by atoms with Crippen LogP contribution >= 0.6 is 0 Å². The molecule has 1 N–H and O–H groups in total. The summed E-state index contributed by atoms with van der Waals surface area (Å²) in [5.41, 5.74) is 0.241. The van der Waals surface area contributed by atoms with Crippen molar-refractivity contribution in [3.8, 4) is 5.75 Å². The lowest BCUT2D eigenvalue weighted by Gasteiger charge is -2.33. The first-order valence-electron chi connectivity index (χ1n) is 7.24. The highest BCUT2D eigenvalue weighted by Crippen LogP contribution is 2.22. The van der Waals surface area contributed by atoms with Crippen LogP contribution in [0.5, 0.6) is 5.75 Å². The Morgan fingerprint density at radius 1 is 1.38 bits per heavy atom. The van der Waals surface area contributed by atoms with Gasteiger partial charge in [0, 0.05) is 25.3 Å². The molecular weight excluding hydrogens is 268 g/mol. The minimum Gasteiger partial charge on any atom is -0.497 e. The number of ether oxygens (including phenoxy) is 2. The van der Waals surface area contributed by atoms with E-state index in [4.69, 9.17) is 9.47 Å². The number of carbonyl (C=O) groups excluding carboxylic acids is 1. The summed E-state index contributed by atoms with van der Waals surface area (Å²) in [6.45, 7) is 7.24. The Balaban J connectivity index is 2.89. The van der Waals surface area contributed by atoms with Crippen molar-refractivity contribution in [1.29, 1.82) is 0 Å². The zero-order valence-corrected chi connectivity index (χ0v) is 13.6. The maximum Gasteiger partial charge on any atom is 0.327 e. The largest absolute Gasteiger partial charge is 0.497 e. The molecule has 0 amide bonds. The number of hydrogen-bond donors (Lipinski definition) is 1. The van der Waals surface area contributed by atoms with E-state index in [1.54, 1.807) is 7.11 Å². The maximum absolute atomic E-state index is 12.2. The molecule has 0 aliphatic heterocycles. The Bertz CT molecular complexity index is 465. The first kappa shape index (κ1) is 17.3. The summed E-state index contributed by atoms with van der Waals surface area (Å²) in [4.78, 5) is 14.2. The van der Waals surface area contributed by atoms with Crippen LogP contribution in [0, 0.1) is 0 Å². The molecule has 1 atom stereocenters. The standard InChI is InChI=1S/C16H26N2O3/c1-6-17-16(3,15(19)21-7-2)12-18(4)13-9-8-10-14(11-13)20-5/h8-11,17H,6-7,12H2,1-5H3. The quantitative estimate of drug-likeness (QED) is 0.744. The van der Waals surface area contributed by atoms with Crippen LogP contribution < -0.4 is 15.0 Å². The Hall–Kier alpha value is -1.75. The van der Waals surface area contributed by atoms with Crippen molar-refractivity contribution in [2.75, 3.05) is 38.8 Å². The molecule has 1 aromatic rings. The van der Waals surface area contributed by atoms with E-state index in [-0.39, 0.29) is 5.97 Å². The van der Waals surface area contributed by atoms with Gasteiger partial charge in [0.1, 0.15) is 11.3 Å². The second-order valence-electron chi connectivity index (χ2n) is 5.14. The highest BCUT2D eigenvalue weighted by molar-refractivity contribution is 5.81. The van der Waals surface area contributed by atoms with Gasteiger partial charge in [-0.25, -0.2) is 4.79 Å². The average molecular weight is 294 g/mol. The van der Waals surface area contributed by atoms with E-state index in [1.807, 2.05) is 57.0 Å². The van der Waals surface area contributed by atoms with Crippen LogP contribution in [0.15, 0.2) is 24.3 Å². The zero-order chi connectivity index (χ0) is 15.9. The number of esters is 1. The molecule has 1 aromatic carbocycles. The Morgan fingerprint density at radius 3 is 2.67 bits per heavy atom. The fourth-order valence-corrected chi connectivity index (χ4v) is 2.29. The van der Waals surface area contributed by atoms with Gasteiger partial charge in [-0.2, -0.15) is 0 Å². The third kappa shape index (κ3) is 4.63. The molecule has 0 fully saturated rings. The Labute approximate surface area is 127 Å². The lowest BCUT2D eigenvalue weighted by Crippen LogP contribution is -2.57. The third-order valence-electron chi connectivity index (χ3n) is 3.34.